The molecule has 1 aliphatic heterocycles. The van der Waals surface area contributed by atoms with E-state index in [9.17, 15) is 14.4 Å². The third kappa shape index (κ3) is 5.03. The number of carbonyl (C=O) groups is 3. The summed E-state index contributed by atoms with van der Waals surface area (Å²) in [7, 11) is 1.52. The number of nitrogens with zero attached hydrogens (tertiary/aromatic N) is 4. The fourth-order valence-electron chi connectivity index (χ4n) is 3.52. The van der Waals surface area contributed by atoms with Crippen molar-refractivity contribution < 1.29 is 14.4 Å². The highest BCUT2D eigenvalue weighted by Gasteiger charge is 2.32. The highest BCUT2D eigenvalue weighted by molar-refractivity contribution is 6.30. The third-order valence-electron chi connectivity index (χ3n) is 5.02. The summed E-state index contributed by atoms with van der Waals surface area (Å²) < 4.78 is 0. The Morgan fingerprint density at radius 3 is 2.35 bits per heavy atom. The molecule has 0 aliphatic carbocycles. The maximum absolute atomic E-state index is 12.2. The zero-order valence-corrected chi connectivity index (χ0v) is 18.6. The molecular weight excluding hydrogens is 441 g/mol. The van der Waals surface area contributed by atoms with E-state index < -0.39 is 6.04 Å². The van der Waals surface area contributed by atoms with Crippen molar-refractivity contribution in [2.24, 2.45) is 0 Å². The van der Waals surface area contributed by atoms with Crippen molar-refractivity contribution in [2.45, 2.75) is 13.0 Å². The Bertz CT molecular complexity index is 1060. The number of carbonyl (C=O) groups excluding carboxylic acids is 3. The standard InChI is InChI=1S/C21H21Cl2N5O3/c1-4-20(30)27-5-6-28(12(2)29)17(11-27)13-7-15(25-18(22)9-13)16-8-14(21(31)24-3)10-19(23)26-16/h4,7-10,17H,1,5-6,11H2,2-3H3,(H,24,31)/t17-/m0/s1. The molecule has 0 bridgehead atoms. The SMILES string of the molecule is C=CC(=O)N1CCN(C(C)=O)[C@H](c2cc(Cl)nc(-c3cc(C(=O)NC)cc(Cl)n3)c2)C1. The molecule has 3 amide bonds. The summed E-state index contributed by atoms with van der Waals surface area (Å²) in [5.41, 5.74) is 1.77. The number of aromatic nitrogens is 2. The molecule has 2 aromatic rings. The van der Waals surface area contributed by atoms with Crippen molar-refractivity contribution in [3.63, 3.8) is 0 Å². The van der Waals surface area contributed by atoms with Gasteiger partial charge < -0.3 is 15.1 Å². The molecule has 10 heteroatoms. The molecule has 2 aromatic heterocycles. The molecule has 8 nitrogen and oxygen atoms in total. The van der Waals surface area contributed by atoms with E-state index in [-0.39, 0.29) is 34.6 Å². The summed E-state index contributed by atoms with van der Waals surface area (Å²) in [6.45, 7) is 6.10. The first kappa shape index (κ1) is 22.7. The van der Waals surface area contributed by atoms with Gasteiger partial charge in [-0.05, 0) is 35.9 Å². The van der Waals surface area contributed by atoms with E-state index in [1.165, 1.54) is 26.1 Å². The first-order valence-electron chi connectivity index (χ1n) is 9.49. The molecule has 1 saturated heterocycles. The second-order valence-electron chi connectivity index (χ2n) is 6.97. The molecule has 0 saturated carbocycles. The fraction of sp³-hybridized carbons (Fsp3) is 0.286. The third-order valence-corrected chi connectivity index (χ3v) is 5.41. The summed E-state index contributed by atoms with van der Waals surface area (Å²) in [6, 6.07) is 5.97. The summed E-state index contributed by atoms with van der Waals surface area (Å²) in [6.07, 6.45) is 1.25. The van der Waals surface area contributed by atoms with Gasteiger partial charge in [0.2, 0.25) is 11.8 Å². The highest BCUT2D eigenvalue weighted by Crippen LogP contribution is 2.31. The smallest absolute Gasteiger partial charge is 0.251 e. The van der Waals surface area contributed by atoms with Crippen molar-refractivity contribution in [3.05, 3.63) is 58.4 Å². The lowest BCUT2D eigenvalue weighted by Crippen LogP contribution is -2.51. The Hall–Kier alpha value is -2.97. The Kier molecular flexibility index (Phi) is 6.92. The van der Waals surface area contributed by atoms with Gasteiger partial charge in [0.1, 0.15) is 10.3 Å². The topological polar surface area (TPSA) is 95.5 Å². The van der Waals surface area contributed by atoms with Crippen LogP contribution in [0.5, 0.6) is 0 Å². The Morgan fingerprint density at radius 1 is 1.10 bits per heavy atom. The Balaban J connectivity index is 2.06. The number of nitrogens with one attached hydrogen (secondary N) is 1. The first-order chi connectivity index (χ1) is 14.7. The lowest BCUT2D eigenvalue weighted by molar-refractivity contribution is -0.139. The number of pyridine rings is 2. The van der Waals surface area contributed by atoms with E-state index in [0.717, 1.165) is 0 Å². The zero-order chi connectivity index (χ0) is 22.7. The van der Waals surface area contributed by atoms with Gasteiger partial charge in [-0.3, -0.25) is 14.4 Å². The summed E-state index contributed by atoms with van der Waals surface area (Å²) in [4.78, 5) is 48.3. The number of hydrogen-bond acceptors (Lipinski definition) is 5. The Morgan fingerprint density at radius 2 is 1.74 bits per heavy atom. The van der Waals surface area contributed by atoms with Crippen LogP contribution >= 0.6 is 23.2 Å². The zero-order valence-electron chi connectivity index (χ0n) is 17.1. The Labute approximate surface area is 189 Å². The van der Waals surface area contributed by atoms with E-state index >= 15 is 0 Å². The fourth-order valence-corrected chi connectivity index (χ4v) is 3.94. The lowest BCUT2D eigenvalue weighted by Gasteiger charge is -2.41. The van der Waals surface area contributed by atoms with Crippen molar-refractivity contribution >= 4 is 40.9 Å². The second-order valence-corrected chi connectivity index (χ2v) is 7.74. The van der Waals surface area contributed by atoms with Crippen LogP contribution in [0, 0.1) is 0 Å². The molecule has 0 unspecified atom stereocenters. The molecule has 162 valence electrons. The molecule has 0 aromatic carbocycles. The van der Waals surface area contributed by atoms with Gasteiger partial charge in [-0.25, -0.2) is 9.97 Å². The van der Waals surface area contributed by atoms with E-state index in [4.69, 9.17) is 23.2 Å². The van der Waals surface area contributed by atoms with Gasteiger partial charge in [-0.1, -0.05) is 29.8 Å². The molecule has 1 N–H and O–H groups in total. The maximum Gasteiger partial charge on any atom is 0.251 e. The van der Waals surface area contributed by atoms with Crippen molar-refractivity contribution in [1.82, 2.24) is 25.1 Å². The monoisotopic (exact) mass is 461 g/mol. The van der Waals surface area contributed by atoms with Crippen molar-refractivity contribution in [3.8, 4) is 11.4 Å². The van der Waals surface area contributed by atoms with Gasteiger partial charge in [0, 0.05) is 39.2 Å². The number of amides is 3. The minimum atomic E-state index is -0.424. The van der Waals surface area contributed by atoms with E-state index in [2.05, 4.69) is 21.9 Å². The average Bonchev–Trinajstić information content (AvgIpc) is 2.76. The van der Waals surface area contributed by atoms with Crippen molar-refractivity contribution in [2.75, 3.05) is 26.7 Å². The van der Waals surface area contributed by atoms with Gasteiger partial charge in [0.05, 0.1) is 17.4 Å². The second kappa shape index (κ2) is 9.45. The first-order valence-corrected chi connectivity index (χ1v) is 10.2. The van der Waals surface area contributed by atoms with Crippen LogP contribution in [0.25, 0.3) is 11.4 Å². The lowest BCUT2D eigenvalue weighted by atomic mass is 10.0. The minimum absolute atomic E-state index is 0.118. The van der Waals surface area contributed by atoms with E-state index in [1.54, 1.807) is 28.0 Å². The van der Waals surface area contributed by atoms with Crippen LogP contribution in [-0.4, -0.2) is 64.2 Å². The quantitative estimate of drug-likeness (QED) is 0.557. The summed E-state index contributed by atoms with van der Waals surface area (Å²) in [5, 5.41) is 2.86. The van der Waals surface area contributed by atoms with Gasteiger partial charge in [-0.2, -0.15) is 0 Å². The molecular formula is C21H21Cl2N5O3. The van der Waals surface area contributed by atoms with Crippen LogP contribution in [0.1, 0.15) is 28.9 Å². The summed E-state index contributed by atoms with van der Waals surface area (Å²) in [5.74, 6) is -0.644. The van der Waals surface area contributed by atoms with Gasteiger partial charge in [0.25, 0.3) is 5.91 Å². The van der Waals surface area contributed by atoms with Gasteiger partial charge >= 0.3 is 0 Å². The predicted molar refractivity (Wildman–Crippen MR) is 118 cm³/mol. The van der Waals surface area contributed by atoms with Crippen LogP contribution in [0.2, 0.25) is 10.3 Å². The number of rotatable bonds is 4. The molecule has 3 rings (SSSR count). The molecule has 31 heavy (non-hydrogen) atoms. The van der Waals surface area contributed by atoms with E-state index in [1.807, 2.05) is 0 Å². The summed E-state index contributed by atoms with van der Waals surface area (Å²) >= 11 is 12.4. The molecule has 3 heterocycles. The molecule has 0 radical (unpaired) electrons. The average molecular weight is 462 g/mol. The van der Waals surface area contributed by atoms with Gasteiger partial charge in [-0.15, -0.1) is 0 Å². The number of hydrogen-bond donors (Lipinski definition) is 1. The normalized spacial score (nSPS) is 16.1. The highest BCUT2D eigenvalue weighted by atomic mass is 35.5. The molecule has 1 aliphatic rings. The number of piperazine rings is 1. The van der Waals surface area contributed by atoms with Crippen LogP contribution in [0.4, 0.5) is 0 Å². The van der Waals surface area contributed by atoms with Crippen LogP contribution < -0.4 is 5.32 Å². The van der Waals surface area contributed by atoms with E-state index in [0.29, 0.717) is 35.6 Å². The number of halogens is 2. The predicted octanol–water partition coefficient (Wildman–Crippen LogP) is 2.73. The minimum Gasteiger partial charge on any atom is -0.355 e. The van der Waals surface area contributed by atoms with Crippen LogP contribution in [0.3, 0.4) is 0 Å². The molecule has 1 atom stereocenters. The molecule has 0 spiro atoms. The van der Waals surface area contributed by atoms with Crippen LogP contribution in [0.15, 0.2) is 36.9 Å². The van der Waals surface area contributed by atoms with Crippen molar-refractivity contribution in [1.29, 1.82) is 0 Å². The van der Waals surface area contributed by atoms with Gasteiger partial charge in [0.15, 0.2) is 0 Å². The largest absolute Gasteiger partial charge is 0.355 e. The maximum atomic E-state index is 12.2. The van der Waals surface area contributed by atoms with Crippen LogP contribution in [-0.2, 0) is 9.59 Å². The molecule has 1 fully saturated rings.